The van der Waals surface area contributed by atoms with Gasteiger partial charge in [0.05, 0.1) is 11.3 Å². The fraction of sp³-hybridized carbons (Fsp3) is 0.176. The summed E-state index contributed by atoms with van der Waals surface area (Å²) in [6.45, 7) is 0. The maximum Gasteiger partial charge on any atom is 0.326 e. The summed E-state index contributed by atoms with van der Waals surface area (Å²) in [5.74, 6) is -1.79. The third-order valence-electron chi connectivity index (χ3n) is 3.56. The van der Waals surface area contributed by atoms with Gasteiger partial charge in [0.2, 0.25) is 5.91 Å². The number of carbonyl (C=O) groups excluding carboxylic acids is 1. The molecule has 0 radical (unpaired) electrons. The van der Waals surface area contributed by atoms with Crippen molar-refractivity contribution in [2.75, 3.05) is 0 Å². The molecule has 0 aliphatic heterocycles. The number of carboxylic acids is 1. The minimum Gasteiger partial charge on any atom is -0.480 e. The number of rotatable bonds is 7. The van der Waals surface area contributed by atoms with E-state index in [2.05, 4.69) is 5.32 Å². The van der Waals surface area contributed by atoms with Gasteiger partial charge in [0.15, 0.2) is 0 Å². The summed E-state index contributed by atoms with van der Waals surface area (Å²) in [6, 6.07) is 9.05. The molecule has 1 amide bonds. The number of nitro groups is 1. The van der Waals surface area contributed by atoms with Crippen molar-refractivity contribution in [1.29, 1.82) is 0 Å². The Morgan fingerprint density at radius 1 is 1.19 bits per heavy atom. The summed E-state index contributed by atoms with van der Waals surface area (Å²) in [5, 5.41) is 23.2. The number of halogens is 2. The van der Waals surface area contributed by atoms with Gasteiger partial charge in [-0.25, -0.2) is 4.79 Å². The summed E-state index contributed by atoms with van der Waals surface area (Å²) >= 11 is 11.8. The molecular formula is C17H14Cl2N2O5. The number of amides is 1. The average Bonchev–Trinajstić information content (AvgIpc) is 2.56. The maximum atomic E-state index is 12.1. The van der Waals surface area contributed by atoms with Crippen molar-refractivity contribution in [3.05, 3.63) is 73.8 Å². The first-order chi connectivity index (χ1) is 12.3. The fourth-order valence-electron chi connectivity index (χ4n) is 2.32. The van der Waals surface area contributed by atoms with Crippen LogP contribution in [0.25, 0.3) is 0 Å². The molecule has 1 atom stereocenters. The number of non-ortho nitro benzene ring substituents is 1. The number of hydrogen-bond donors (Lipinski definition) is 2. The molecule has 0 heterocycles. The van der Waals surface area contributed by atoms with Crippen molar-refractivity contribution in [2.24, 2.45) is 0 Å². The lowest BCUT2D eigenvalue weighted by Gasteiger charge is -2.15. The van der Waals surface area contributed by atoms with Gasteiger partial charge in [0.25, 0.3) is 5.69 Å². The standard InChI is InChI=1S/C17H14Cl2N2O5/c18-12-5-4-11(14(19)9-12)8-15(17(23)24)20-16(22)7-10-2-1-3-13(6-10)21(25)26/h1-6,9,15H,7-8H2,(H,20,22)(H,23,24)/t15-/m0/s1. The van der Waals surface area contributed by atoms with E-state index < -0.39 is 22.8 Å². The topological polar surface area (TPSA) is 110 Å². The van der Waals surface area contributed by atoms with E-state index in [4.69, 9.17) is 23.2 Å². The lowest BCUT2D eigenvalue weighted by atomic mass is 10.0. The van der Waals surface area contributed by atoms with E-state index in [1.165, 1.54) is 24.3 Å². The van der Waals surface area contributed by atoms with Crippen LogP contribution in [0.4, 0.5) is 5.69 Å². The van der Waals surface area contributed by atoms with Crippen molar-refractivity contribution in [3.63, 3.8) is 0 Å². The lowest BCUT2D eigenvalue weighted by molar-refractivity contribution is -0.384. The number of hydrogen-bond acceptors (Lipinski definition) is 4. The SMILES string of the molecule is O=C(Cc1cccc([N+](=O)[O-])c1)N[C@@H](Cc1ccc(Cl)cc1Cl)C(=O)O. The van der Waals surface area contributed by atoms with E-state index in [0.29, 0.717) is 21.2 Å². The first kappa shape index (κ1) is 19.7. The Hall–Kier alpha value is -2.64. The minimum atomic E-state index is -1.22. The van der Waals surface area contributed by atoms with Gasteiger partial charge in [-0.2, -0.15) is 0 Å². The van der Waals surface area contributed by atoms with Gasteiger partial charge in [-0.3, -0.25) is 14.9 Å². The van der Waals surface area contributed by atoms with Crippen LogP contribution in [0.3, 0.4) is 0 Å². The molecular weight excluding hydrogens is 383 g/mol. The smallest absolute Gasteiger partial charge is 0.326 e. The summed E-state index contributed by atoms with van der Waals surface area (Å²) in [4.78, 5) is 33.8. The van der Waals surface area contributed by atoms with E-state index in [-0.39, 0.29) is 18.5 Å². The molecule has 0 aliphatic carbocycles. The quantitative estimate of drug-likeness (QED) is 0.551. The second-order valence-corrected chi connectivity index (χ2v) is 6.35. The second kappa shape index (κ2) is 8.64. The molecule has 0 saturated carbocycles. The fourth-order valence-corrected chi connectivity index (χ4v) is 2.80. The number of nitro benzene ring substituents is 1. The first-order valence-electron chi connectivity index (χ1n) is 7.45. The highest BCUT2D eigenvalue weighted by molar-refractivity contribution is 6.35. The van der Waals surface area contributed by atoms with Crippen LogP contribution < -0.4 is 5.32 Å². The molecule has 0 unspecified atom stereocenters. The molecule has 0 bridgehead atoms. The van der Waals surface area contributed by atoms with Crippen molar-refractivity contribution in [1.82, 2.24) is 5.32 Å². The van der Waals surface area contributed by atoms with Gasteiger partial charge in [0.1, 0.15) is 6.04 Å². The maximum absolute atomic E-state index is 12.1. The minimum absolute atomic E-state index is 0.0218. The van der Waals surface area contributed by atoms with E-state index in [1.807, 2.05) is 0 Å². The Bertz CT molecular complexity index is 857. The second-order valence-electron chi connectivity index (χ2n) is 5.50. The third-order valence-corrected chi connectivity index (χ3v) is 4.15. The Labute approximate surface area is 158 Å². The van der Waals surface area contributed by atoms with Crippen LogP contribution in [0.1, 0.15) is 11.1 Å². The van der Waals surface area contributed by atoms with Crippen LogP contribution in [-0.4, -0.2) is 27.9 Å². The zero-order chi connectivity index (χ0) is 19.3. The van der Waals surface area contributed by atoms with Crippen LogP contribution in [-0.2, 0) is 22.4 Å². The predicted octanol–water partition coefficient (Wildman–Crippen LogP) is 3.26. The van der Waals surface area contributed by atoms with Gasteiger partial charge in [-0.05, 0) is 23.3 Å². The van der Waals surface area contributed by atoms with Crippen LogP contribution >= 0.6 is 23.2 Å². The number of benzene rings is 2. The van der Waals surface area contributed by atoms with Gasteiger partial charge >= 0.3 is 5.97 Å². The zero-order valence-corrected chi connectivity index (χ0v) is 14.8. The third kappa shape index (κ3) is 5.44. The molecule has 9 heteroatoms. The number of aliphatic carboxylic acids is 1. The highest BCUT2D eigenvalue weighted by Crippen LogP contribution is 2.22. The van der Waals surface area contributed by atoms with E-state index in [0.717, 1.165) is 0 Å². The van der Waals surface area contributed by atoms with Gasteiger partial charge in [0, 0.05) is 28.6 Å². The predicted molar refractivity (Wildman–Crippen MR) is 96.5 cm³/mol. The lowest BCUT2D eigenvalue weighted by Crippen LogP contribution is -2.43. The average molecular weight is 397 g/mol. The largest absolute Gasteiger partial charge is 0.480 e. The summed E-state index contributed by atoms with van der Waals surface area (Å²) in [7, 11) is 0. The normalized spacial score (nSPS) is 11.6. The molecule has 2 aromatic carbocycles. The van der Waals surface area contributed by atoms with E-state index in [1.54, 1.807) is 18.2 Å². The molecule has 7 nitrogen and oxygen atoms in total. The van der Waals surface area contributed by atoms with Gasteiger partial charge in [-0.15, -0.1) is 0 Å². The Morgan fingerprint density at radius 2 is 1.92 bits per heavy atom. The van der Waals surface area contributed by atoms with Crippen molar-refractivity contribution in [2.45, 2.75) is 18.9 Å². The number of carboxylic acid groups (broad SMARTS) is 1. The van der Waals surface area contributed by atoms with Gasteiger partial charge < -0.3 is 10.4 Å². The van der Waals surface area contributed by atoms with E-state index >= 15 is 0 Å². The summed E-state index contributed by atoms with van der Waals surface area (Å²) < 4.78 is 0. The summed E-state index contributed by atoms with van der Waals surface area (Å²) in [6.07, 6.45) is -0.203. The molecule has 0 aliphatic rings. The molecule has 136 valence electrons. The number of carbonyl (C=O) groups is 2. The van der Waals surface area contributed by atoms with Crippen LogP contribution in [0, 0.1) is 10.1 Å². The molecule has 2 N–H and O–H groups in total. The molecule has 26 heavy (non-hydrogen) atoms. The van der Waals surface area contributed by atoms with E-state index in [9.17, 15) is 24.8 Å². The number of nitrogens with zero attached hydrogens (tertiary/aromatic N) is 1. The number of nitrogens with one attached hydrogen (secondary N) is 1. The Balaban J connectivity index is 2.07. The molecule has 0 fully saturated rings. The van der Waals surface area contributed by atoms with Crippen LogP contribution in [0.2, 0.25) is 10.0 Å². The van der Waals surface area contributed by atoms with Gasteiger partial charge in [-0.1, -0.05) is 41.4 Å². The van der Waals surface area contributed by atoms with Crippen LogP contribution in [0.15, 0.2) is 42.5 Å². The highest BCUT2D eigenvalue weighted by atomic mass is 35.5. The Kier molecular flexibility index (Phi) is 6.54. The van der Waals surface area contributed by atoms with Crippen molar-refractivity contribution < 1.29 is 19.6 Å². The summed E-state index contributed by atoms with van der Waals surface area (Å²) in [5.41, 5.74) is 0.794. The first-order valence-corrected chi connectivity index (χ1v) is 8.21. The molecule has 2 rings (SSSR count). The Morgan fingerprint density at radius 3 is 2.54 bits per heavy atom. The van der Waals surface area contributed by atoms with Crippen LogP contribution in [0.5, 0.6) is 0 Å². The molecule has 0 aromatic heterocycles. The molecule has 0 spiro atoms. The molecule has 2 aromatic rings. The zero-order valence-electron chi connectivity index (χ0n) is 13.3. The monoisotopic (exact) mass is 396 g/mol. The highest BCUT2D eigenvalue weighted by Gasteiger charge is 2.22. The van der Waals surface area contributed by atoms with Crippen molar-refractivity contribution in [3.8, 4) is 0 Å². The van der Waals surface area contributed by atoms with Crippen molar-refractivity contribution >= 4 is 40.8 Å². The molecule has 0 saturated heterocycles.